The molecule has 1 aliphatic heterocycles. The van der Waals surface area contributed by atoms with Crippen LogP contribution in [-0.4, -0.2) is 64.8 Å². The maximum absolute atomic E-state index is 12.8. The first-order valence-electron chi connectivity index (χ1n) is 12.6. The third-order valence-electron chi connectivity index (χ3n) is 6.41. The van der Waals surface area contributed by atoms with Gasteiger partial charge in [0.25, 0.3) is 0 Å². The highest BCUT2D eigenvalue weighted by Gasteiger charge is 2.23. The summed E-state index contributed by atoms with van der Waals surface area (Å²) in [5, 5.41) is 3.60. The van der Waals surface area contributed by atoms with Crippen molar-refractivity contribution in [2.75, 3.05) is 38.7 Å². The van der Waals surface area contributed by atoms with E-state index in [1.165, 1.54) is 31.3 Å². The number of fused-ring (bicyclic) bond motifs is 1. The summed E-state index contributed by atoms with van der Waals surface area (Å²) in [7, 11) is 1.57. The van der Waals surface area contributed by atoms with E-state index < -0.39 is 11.6 Å². The number of hydrogen-bond acceptors (Lipinski definition) is 10. The van der Waals surface area contributed by atoms with Crippen LogP contribution < -0.4 is 14.8 Å². The standard InChI is InChI=1S/C28H29N5O5/c1-36-26-12-20-21(14-27(26)37-11-5-10-33-8-2-3-9-33)30-18-31-28(20)32-22-13-24(35)25(15-23(22)34)38-17-19-6-4-7-29-16-19/h4,6-7,12-16,18H,2-3,5,8-11,17H2,1H3,(H,30,31,32). The highest BCUT2D eigenvalue weighted by atomic mass is 16.5. The third kappa shape index (κ3) is 5.97. The van der Waals surface area contributed by atoms with Crippen molar-refractivity contribution in [3.8, 4) is 11.5 Å². The fraction of sp³-hybridized carbons (Fsp3) is 0.321. The van der Waals surface area contributed by atoms with Crippen LogP contribution in [0.25, 0.3) is 10.9 Å². The molecule has 196 valence electrons. The molecule has 0 radical (unpaired) electrons. The van der Waals surface area contributed by atoms with Crippen LogP contribution in [0.2, 0.25) is 0 Å². The number of aromatic nitrogens is 3. The van der Waals surface area contributed by atoms with Gasteiger partial charge in [-0.05, 0) is 44.5 Å². The van der Waals surface area contributed by atoms with Gasteiger partial charge in [-0.25, -0.2) is 9.97 Å². The molecule has 3 aromatic rings. The van der Waals surface area contributed by atoms with Gasteiger partial charge in [-0.15, -0.1) is 0 Å². The largest absolute Gasteiger partial charge is 0.493 e. The fourth-order valence-electron chi connectivity index (χ4n) is 4.44. The van der Waals surface area contributed by atoms with Crippen LogP contribution in [0.3, 0.4) is 0 Å². The van der Waals surface area contributed by atoms with E-state index >= 15 is 0 Å². The Kier molecular flexibility index (Phi) is 7.89. The second kappa shape index (κ2) is 11.8. The van der Waals surface area contributed by atoms with E-state index in [9.17, 15) is 9.59 Å². The van der Waals surface area contributed by atoms with Crippen molar-refractivity contribution in [3.05, 3.63) is 72.2 Å². The molecular formula is C28H29N5O5. The molecule has 0 amide bonds. The van der Waals surface area contributed by atoms with Crippen molar-refractivity contribution < 1.29 is 23.8 Å². The maximum atomic E-state index is 12.8. The van der Waals surface area contributed by atoms with E-state index in [2.05, 4.69) is 25.2 Å². The lowest BCUT2D eigenvalue weighted by Gasteiger charge is -2.17. The predicted octanol–water partition coefficient (Wildman–Crippen LogP) is 3.45. The summed E-state index contributed by atoms with van der Waals surface area (Å²) in [6, 6.07) is 7.16. The number of nitrogens with one attached hydrogen (secondary N) is 1. The van der Waals surface area contributed by atoms with Crippen LogP contribution in [0.15, 0.2) is 66.6 Å². The van der Waals surface area contributed by atoms with E-state index in [1.807, 2.05) is 6.07 Å². The molecule has 1 N–H and O–H groups in total. The lowest BCUT2D eigenvalue weighted by atomic mass is 10.1. The molecule has 2 aromatic heterocycles. The number of hydrogen-bond donors (Lipinski definition) is 1. The number of likely N-dealkylation sites (tertiary alicyclic amines) is 1. The van der Waals surface area contributed by atoms with Crippen LogP contribution in [-0.2, 0) is 20.9 Å². The minimum Gasteiger partial charge on any atom is -0.493 e. The summed E-state index contributed by atoms with van der Waals surface area (Å²) in [5.74, 6) is 0.647. The molecule has 38 heavy (non-hydrogen) atoms. The summed E-state index contributed by atoms with van der Waals surface area (Å²) in [5.41, 5.74) is 1.49. The third-order valence-corrected chi connectivity index (χ3v) is 6.41. The van der Waals surface area contributed by atoms with Gasteiger partial charge in [0.15, 0.2) is 17.3 Å². The number of rotatable bonds is 11. The lowest BCUT2D eigenvalue weighted by molar-refractivity contribution is -0.117. The zero-order valence-electron chi connectivity index (χ0n) is 21.2. The minimum atomic E-state index is -0.420. The molecule has 0 saturated carbocycles. The zero-order valence-corrected chi connectivity index (χ0v) is 21.2. The van der Waals surface area contributed by atoms with Gasteiger partial charge >= 0.3 is 0 Å². The summed E-state index contributed by atoms with van der Waals surface area (Å²) in [6.45, 7) is 4.03. The predicted molar refractivity (Wildman–Crippen MR) is 141 cm³/mol. The number of carbonyl (C=O) groups excluding carboxylic acids is 2. The zero-order chi connectivity index (χ0) is 26.3. The van der Waals surface area contributed by atoms with Gasteiger partial charge in [0.2, 0.25) is 11.6 Å². The monoisotopic (exact) mass is 515 g/mol. The summed E-state index contributed by atoms with van der Waals surface area (Å²) >= 11 is 0. The normalized spacial score (nSPS) is 15.8. The molecule has 1 aromatic carbocycles. The number of nitrogens with zero attached hydrogens (tertiary/aromatic N) is 4. The van der Waals surface area contributed by atoms with Gasteiger partial charge < -0.3 is 24.4 Å². The average molecular weight is 516 g/mol. The molecule has 3 heterocycles. The van der Waals surface area contributed by atoms with Gasteiger partial charge in [0.05, 0.1) is 24.9 Å². The van der Waals surface area contributed by atoms with Crippen LogP contribution in [0.1, 0.15) is 24.8 Å². The van der Waals surface area contributed by atoms with Crippen molar-refractivity contribution in [2.24, 2.45) is 0 Å². The van der Waals surface area contributed by atoms with Crippen molar-refractivity contribution in [2.45, 2.75) is 25.9 Å². The smallest absolute Gasteiger partial charge is 0.222 e. The number of ketones is 2. The summed E-state index contributed by atoms with van der Waals surface area (Å²) in [6.07, 6.45) is 10.5. The molecule has 5 rings (SSSR count). The Morgan fingerprint density at radius 1 is 1.03 bits per heavy atom. The highest BCUT2D eigenvalue weighted by molar-refractivity contribution is 6.20. The Morgan fingerprint density at radius 3 is 2.68 bits per heavy atom. The Morgan fingerprint density at radius 2 is 1.89 bits per heavy atom. The van der Waals surface area contributed by atoms with Gasteiger partial charge in [0, 0.05) is 48.1 Å². The molecule has 10 nitrogen and oxygen atoms in total. The topological polar surface area (TPSA) is 116 Å². The van der Waals surface area contributed by atoms with Crippen molar-refractivity contribution in [1.82, 2.24) is 19.9 Å². The molecule has 0 bridgehead atoms. The van der Waals surface area contributed by atoms with Crippen LogP contribution in [0.4, 0.5) is 5.82 Å². The Bertz CT molecular complexity index is 1380. The molecule has 0 unspecified atom stereocenters. The number of ether oxygens (including phenoxy) is 3. The fourth-order valence-corrected chi connectivity index (χ4v) is 4.44. The van der Waals surface area contributed by atoms with Gasteiger partial charge in [-0.3, -0.25) is 14.6 Å². The van der Waals surface area contributed by atoms with E-state index in [-0.39, 0.29) is 18.1 Å². The van der Waals surface area contributed by atoms with Crippen LogP contribution in [0, 0.1) is 0 Å². The maximum Gasteiger partial charge on any atom is 0.222 e. The van der Waals surface area contributed by atoms with E-state index in [1.54, 1.807) is 37.7 Å². The Hall–Kier alpha value is -4.31. The minimum absolute atomic E-state index is 0.0230. The number of anilines is 1. The molecular weight excluding hydrogens is 486 g/mol. The van der Waals surface area contributed by atoms with Gasteiger partial charge in [0.1, 0.15) is 18.8 Å². The SMILES string of the molecule is COc1cc2c(NC3=CC(=O)C(OCc4cccnc4)=CC3=O)ncnc2cc1OCCCN1CCCC1. The van der Waals surface area contributed by atoms with E-state index in [0.717, 1.165) is 31.6 Å². The first kappa shape index (κ1) is 25.3. The summed E-state index contributed by atoms with van der Waals surface area (Å²) in [4.78, 5) is 40.5. The first-order valence-corrected chi connectivity index (χ1v) is 12.6. The Labute approximate surface area is 220 Å². The number of allylic oxidation sites excluding steroid dienone is 2. The van der Waals surface area contributed by atoms with Crippen molar-refractivity contribution in [1.29, 1.82) is 0 Å². The molecule has 1 saturated heterocycles. The number of benzene rings is 1. The summed E-state index contributed by atoms with van der Waals surface area (Å²) < 4.78 is 17.1. The Balaban J connectivity index is 1.27. The highest BCUT2D eigenvalue weighted by Crippen LogP contribution is 2.34. The average Bonchev–Trinajstić information content (AvgIpc) is 3.46. The van der Waals surface area contributed by atoms with Crippen molar-refractivity contribution >= 4 is 28.3 Å². The lowest BCUT2D eigenvalue weighted by Crippen LogP contribution is -2.22. The molecule has 1 aliphatic carbocycles. The molecule has 1 fully saturated rings. The molecule has 0 atom stereocenters. The van der Waals surface area contributed by atoms with Gasteiger partial charge in [-0.1, -0.05) is 6.07 Å². The second-order valence-corrected chi connectivity index (χ2v) is 9.06. The van der Waals surface area contributed by atoms with Crippen LogP contribution in [0.5, 0.6) is 11.5 Å². The first-order chi connectivity index (χ1) is 18.6. The molecule has 10 heteroatoms. The number of pyridine rings is 1. The van der Waals surface area contributed by atoms with E-state index in [4.69, 9.17) is 14.2 Å². The van der Waals surface area contributed by atoms with Gasteiger partial charge in [-0.2, -0.15) is 0 Å². The van der Waals surface area contributed by atoms with Crippen molar-refractivity contribution in [3.63, 3.8) is 0 Å². The van der Waals surface area contributed by atoms with Crippen LogP contribution >= 0.6 is 0 Å². The number of carbonyl (C=O) groups is 2. The molecule has 0 spiro atoms. The number of methoxy groups -OCH3 is 1. The van der Waals surface area contributed by atoms with E-state index in [0.29, 0.717) is 34.8 Å². The quantitative estimate of drug-likeness (QED) is 0.301. The second-order valence-electron chi connectivity index (χ2n) is 9.06. The molecule has 2 aliphatic rings.